The van der Waals surface area contributed by atoms with Crippen LogP contribution in [0.2, 0.25) is 5.02 Å². The first-order valence-electron chi connectivity index (χ1n) is 13.0. The van der Waals surface area contributed by atoms with Gasteiger partial charge in [-0.2, -0.15) is 0 Å². The summed E-state index contributed by atoms with van der Waals surface area (Å²) in [4.78, 5) is 2.52. The molecule has 3 aromatic carbocycles. The van der Waals surface area contributed by atoms with E-state index in [0.717, 1.165) is 52.6 Å². The van der Waals surface area contributed by atoms with E-state index >= 15 is 0 Å². The van der Waals surface area contributed by atoms with Gasteiger partial charge in [-0.1, -0.05) is 43.1 Å². The Morgan fingerprint density at radius 2 is 1.86 bits per heavy atom. The Balaban J connectivity index is 1.39. The van der Waals surface area contributed by atoms with Gasteiger partial charge in [0.05, 0.1) is 5.02 Å². The van der Waals surface area contributed by atoms with Crippen LogP contribution in [0.4, 0.5) is 0 Å². The molecule has 2 N–H and O–H groups in total. The fourth-order valence-electron chi connectivity index (χ4n) is 5.38. The number of phenols is 2. The highest BCUT2D eigenvalue weighted by Crippen LogP contribution is 2.48. The largest absolute Gasteiger partial charge is 0.508 e. The SMILES string of the molecule is CC[C@@H]1CCN([C@@H](C)COc2ccc(C3Oc4cc(O)ccc4C(C)=C3c3ccc(O)c(Cl)c3)cc2)C1. The molecule has 2 aliphatic heterocycles. The van der Waals surface area contributed by atoms with Crippen LogP contribution < -0.4 is 9.47 Å². The molecule has 1 saturated heterocycles. The first-order chi connectivity index (χ1) is 17.8. The highest BCUT2D eigenvalue weighted by atomic mass is 35.5. The van der Waals surface area contributed by atoms with Gasteiger partial charge in [0.2, 0.25) is 0 Å². The summed E-state index contributed by atoms with van der Waals surface area (Å²) in [6, 6.07) is 18.8. The van der Waals surface area contributed by atoms with E-state index in [4.69, 9.17) is 21.1 Å². The Bertz CT molecular complexity index is 1300. The smallest absolute Gasteiger partial charge is 0.150 e. The maximum Gasteiger partial charge on any atom is 0.150 e. The Kier molecular flexibility index (Phi) is 7.36. The van der Waals surface area contributed by atoms with Gasteiger partial charge in [0.1, 0.15) is 35.7 Å². The molecule has 5 rings (SSSR count). The van der Waals surface area contributed by atoms with E-state index < -0.39 is 6.10 Å². The van der Waals surface area contributed by atoms with Gasteiger partial charge in [-0.15, -0.1) is 0 Å². The number of hydrogen-bond donors (Lipinski definition) is 2. The molecule has 0 bridgehead atoms. The Morgan fingerprint density at radius 3 is 2.57 bits per heavy atom. The predicted octanol–water partition coefficient (Wildman–Crippen LogP) is 7.31. The standard InChI is InChI=1S/C31H34ClNO4/c1-4-21-13-14-33(17-21)19(2)18-36-25-9-5-22(6-10-25)31-30(23-7-12-28(35)27(32)15-23)20(3)26-11-8-24(34)16-29(26)37-31/h5-12,15-16,19,21,31,34-35H,4,13-14,17-18H2,1-3H3/t19-,21+,31?/m0/s1. The minimum absolute atomic E-state index is 0.0390. The summed E-state index contributed by atoms with van der Waals surface area (Å²) in [6.07, 6.45) is 2.10. The number of phenolic OH excluding ortho intramolecular Hbond substituents is 2. The summed E-state index contributed by atoms with van der Waals surface area (Å²) in [6.45, 7) is 9.50. The lowest BCUT2D eigenvalue weighted by Gasteiger charge is -2.31. The lowest BCUT2D eigenvalue weighted by molar-refractivity contribution is 0.168. The minimum Gasteiger partial charge on any atom is -0.508 e. The number of halogens is 1. The maximum atomic E-state index is 10.1. The molecule has 1 unspecified atom stereocenters. The van der Waals surface area contributed by atoms with Gasteiger partial charge >= 0.3 is 0 Å². The average molecular weight is 520 g/mol. The van der Waals surface area contributed by atoms with E-state index in [0.29, 0.717) is 18.4 Å². The molecule has 1 fully saturated rings. The summed E-state index contributed by atoms with van der Waals surface area (Å²) >= 11 is 6.27. The van der Waals surface area contributed by atoms with Crippen molar-refractivity contribution in [3.63, 3.8) is 0 Å². The van der Waals surface area contributed by atoms with Crippen molar-refractivity contribution in [3.8, 4) is 23.0 Å². The van der Waals surface area contributed by atoms with Crippen molar-refractivity contribution in [2.75, 3.05) is 19.7 Å². The van der Waals surface area contributed by atoms with Gasteiger partial charge in [-0.25, -0.2) is 0 Å². The zero-order chi connectivity index (χ0) is 26.1. The normalized spacial score (nSPS) is 20.4. The van der Waals surface area contributed by atoms with Crippen LogP contribution in [0.5, 0.6) is 23.0 Å². The number of hydrogen-bond acceptors (Lipinski definition) is 5. The van der Waals surface area contributed by atoms with Crippen LogP contribution in [0.25, 0.3) is 11.1 Å². The van der Waals surface area contributed by atoms with Crippen molar-refractivity contribution in [3.05, 3.63) is 82.4 Å². The molecule has 0 spiro atoms. The van der Waals surface area contributed by atoms with Crippen molar-refractivity contribution >= 4 is 22.7 Å². The predicted molar refractivity (Wildman–Crippen MR) is 148 cm³/mol. The lowest BCUT2D eigenvalue weighted by Crippen LogP contribution is -2.35. The molecule has 37 heavy (non-hydrogen) atoms. The van der Waals surface area contributed by atoms with Crippen molar-refractivity contribution < 1.29 is 19.7 Å². The highest BCUT2D eigenvalue weighted by Gasteiger charge is 2.30. The zero-order valence-electron chi connectivity index (χ0n) is 21.6. The van der Waals surface area contributed by atoms with Crippen LogP contribution in [0.1, 0.15) is 56.4 Å². The molecule has 194 valence electrons. The van der Waals surface area contributed by atoms with E-state index in [1.807, 2.05) is 43.3 Å². The molecule has 2 aliphatic rings. The van der Waals surface area contributed by atoms with E-state index in [2.05, 4.69) is 18.7 Å². The number of ether oxygens (including phenoxy) is 2. The number of fused-ring (bicyclic) bond motifs is 1. The number of allylic oxidation sites excluding steroid dienone is 1. The third-order valence-corrected chi connectivity index (χ3v) is 8.03. The summed E-state index contributed by atoms with van der Waals surface area (Å²) in [5.41, 5.74) is 4.72. The van der Waals surface area contributed by atoms with Crippen LogP contribution in [-0.4, -0.2) is 40.9 Å². The number of benzene rings is 3. The van der Waals surface area contributed by atoms with Gasteiger partial charge in [0.15, 0.2) is 0 Å². The van der Waals surface area contributed by atoms with E-state index in [1.54, 1.807) is 24.3 Å². The van der Waals surface area contributed by atoms with Gasteiger partial charge in [0, 0.05) is 29.8 Å². The summed E-state index contributed by atoms with van der Waals surface area (Å²) in [7, 11) is 0. The molecule has 3 aromatic rings. The van der Waals surface area contributed by atoms with Crippen LogP contribution in [0, 0.1) is 5.92 Å². The first kappa shape index (κ1) is 25.5. The van der Waals surface area contributed by atoms with E-state index in [9.17, 15) is 10.2 Å². The van der Waals surface area contributed by atoms with Gasteiger partial charge in [0.25, 0.3) is 0 Å². The lowest BCUT2D eigenvalue weighted by atomic mass is 9.86. The van der Waals surface area contributed by atoms with Gasteiger partial charge in [-0.05, 0) is 85.8 Å². The zero-order valence-corrected chi connectivity index (χ0v) is 22.3. The average Bonchev–Trinajstić information content (AvgIpc) is 3.39. The van der Waals surface area contributed by atoms with E-state index in [1.165, 1.54) is 12.8 Å². The fourth-order valence-corrected chi connectivity index (χ4v) is 5.56. The second-order valence-corrected chi connectivity index (χ2v) is 10.6. The van der Waals surface area contributed by atoms with Crippen LogP contribution in [0.15, 0.2) is 60.7 Å². The van der Waals surface area contributed by atoms with E-state index in [-0.39, 0.29) is 16.5 Å². The second kappa shape index (κ2) is 10.7. The summed E-state index contributed by atoms with van der Waals surface area (Å²) in [5, 5.41) is 20.3. The summed E-state index contributed by atoms with van der Waals surface area (Å²) in [5.74, 6) is 2.45. The fraction of sp³-hybridized carbons (Fsp3) is 0.355. The molecule has 3 atom stereocenters. The number of likely N-dealkylation sites (tertiary alicyclic amines) is 1. The van der Waals surface area contributed by atoms with Crippen molar-refractivity contribution in [2.24, 2.45) is 5.92 Å². The summed E-state index contributed by atoms with van der Waals surface area (Å²) < 4.78 is 12.6. The molecule has 6 heteroatoms. The number of nitrogens with zero attached hydrogens (tertiary/aromatic N) is 1. The quantitative estimate of drug-likeness (QED) is 0.342. The third-order valence-electron chi connectivity index (χ3n) is 7.73. The molecule has 0 amide bonds. The first-order valence-corrected chi connectivity index (χ1v) is 13.4. The van der Waals surface area contributed by atoms with Gasteiger partial charge < -0.3 is 19.7 Å². The third kappa shape index (κ3) is 5.29. The van der Waals surface area contributed by atoms with Crippen molar-refractivity contribution in [2.45, 2.75) is 45.8 Å². The molecule has 2 heterocycles. The maximum absolute atomic E-state index is 10.1. The Labute approximate surface area is 223 Å². The number of rotatable bonds is 7. The second-order valence-electron chi connectivity index (χ2n) is 10.2. The molecule has 0 saturated carbocycles. The van der Waals surface area contributed by atoms with Crippen LogP contribution >= 0.6 is 11.6 Å². The monoisotopic (exact) mass is 519 g/mol. The molecule has 0 aliphatic carbocycles. The van der Waals surface area contributed by atoms with Crippen molar-refractivity contribution in [1.82, 2.24) is 4.90 Å². The minimum atomic E-state index is -0.418. The Morgan fingerprint density at radius 1 is 1.08 bits per heavy atom. The van der Waals surface area contributed by atoms with Crippen LogP contribution in [0.3, 0.4) is 0 Å². The number of aromatic hydroxyl groups is 2. The topological polar surface area (TPSA) is 62.2 Å². The molecule has 0 aromatic heterocycles. The Hall–Kier alpha value is -3.15. The van der Waals surface area contributed by atoms with Crippen molar-refractivity contribution in [1.29, 1.82) is 0 Å². The molecule has 0 radical (unpaired) electrons. The molecular weight excluding hydrogens is 486 g/mol. The van der Waals surface area contributed by atoms with Crippen LogP contribution in [-0.2, 0) is 0 Å². The molecular formula is C31H34ClNO4. The van der Waals surface area contributed by atoms with Gasteiger partial charge in [-0.3, -0.25) is 4.90 Å². The highest BCUT2D eigenvalue weighted by molar-refractivity contribution is 6.32. The molecule has 5 nitrogen and oxygen atoms in total.